The van der Waals surface area contributed by atoms with E-state index in [0.717, 1.165) is 22.1 Å². The Bertz CT molecular complexity index is 863. The minimum absolute atomic E-state index is 0.144. The summed E-state index contributed by atoms with van der Waals surface area (Å²) in [6.07, 6.45) is 5.35. The molecule has 2 aromatic rings. The number of carbonyl (C=O) groups is 1. The number of fused-ring (bicyclic) bond motifs is 3. The molecule has 1 aliphatic heterocycles. The predicted octanol–water partition coefficient (Wildman–Crippen LogP) is 5.72. The van der Waals surface area contributed by atoms with Crippen molar-refractivity contribution in [2.45, 2.75) is 18.4 Å². The van der Waals surface area contributed by atoms with Gasteiger partial charge in [0.2, 0.25) is 0 Å². The van der Waals surface area contributed by atoms with Crippen LogP contribution in [0.15, 0.2) is 53.0 Å². The molecule has 1 N–H and O–H groups in total. The second-order valence-corrected chi connectivity index (χ2v) is 7.73. The lowest BCUT2D eigenvalue weighted by Crippen LogP contribution is -2.30. The summed E-state index contributed by atoms with van der Waals surface area (Å²) in [5.41, 5.74) is 3.59. The SMILES string of the molecule is COC(=O)c1ccc(Cl)c2c1C1C=CCC1[C@@H](c1ccc(Br)cc1)N2. The van der Waals surface area contributed by atoms with Crippen molar-refractivity contribution in [3.8, 4) is 0 Å². The van der Waals surface area contributed by atoms with Gasteiger partial charge in [-0.1, -0.05) is 51.8 Å². The van der Waals surface area contributed by atoms with Gasteiger partial charge in [-0.2, -0.15) is 0 Å². The summed E-state index contributed by atoms with van der Waals surface area (Å²) in [4.78, 5) is 12.3. The van der Waals surface area contributed by atoms with Crippen LogP contribution in [0.1, 0.15) is 39.9 Å². The van der Waals surface area contributed by atoms with Crippen LogP contribution in [0.4, 0.5) is 5.69 Å². The van der Waals surface area contributed by atoms with Crippen molar-refractivity contribution in [1.82, 2.24) is 0 Å². The second-order valence-electron chi connectivity index (χ2n) is 6.40. The monoisotopic (exact) mass is 417 g/mol. The molecule has 4 rings (SSSR count). The molecule has 0 spiro atoms. The van der Waals surface area contributed by atoms with Gasteiger partial charge in [-0.3, -0.25) is 0 Å². The normalized spacial score (nSPS) is 23.6. The third-order valence-corrected chi connectivity index (χ3v) is 5.95. The molecular formula is C20H17BrClNO2. The van der Waals surface area contributed by atoms with Crippen molar-refractivity contribution >= 4 is 39.2 Å². The van der Waals surface area contributed by atoms with Crippen LogP contribution in [0.2, 0.25) is 5.02 Å². The van der Waals surface area contributed by atoms with E-state index in [9.17, 15) is 4.79 Å². The van der Waals surface area contributed by atoms with Gasteiger partial charge >= 0.3 is 5.97 Å². The maximum Gasteiger partial charge on any atom is 0.338 e. The molecule has 5 heteroatoms. The zero-order valence-electron chi connectivity index (χ0n) is 13.6. The number of allylic oxidation sites excluding steroid dienone is 2. The largest absolute Gasteiger partial charge is 0.465 e. The summed E-state index contributed by atoms with van der Waals surface area (Å²) in [5, 5.41) is 4.23. The summed E-state index contributed by atoms with van der Waals surface area (Å²) in [7, 11) is 1.41. The number of halogens is 2. The number of anilines is 1. The molecule has 3 nitrogen and oxygen atoms in total. The first kappa shape index (κ1) is 16.7. The highest BCUT2D eigenvalue weighted by molar-refractivity contribution is 9.10. The highest BCUT2D eigenvalue weighted by atomic mass is 79.9. The Hall–Kier alpha value is -1.78. The topological polar surface area (TPSA) is 38.3 Å². The van der Waals surface area contributed by atoms with Gasteiger partial charge in [-0.15, -0.1) is 0 Å². The van der Waals surface area contributed by atoms with Gasteiger partial charge in [-0.25, -0.2) is 4.79 Å². The van der Waals surface area contributed by atoms with Crippen LogP contribution in [0, 0.1) is 5.92 Å². The maximum absolute atomic E-state index is 12.3. The second kappa shape index (κ2) is 6.50. The Morgan fingerprint density at radius 1 is 1.24 bits per heavy atom. The number of methoxy groups -OCH3 is 1. The van der Waals surface area contributed by atoms with Gasteiger partial charge in [0.05, 0.1) is 29.4 Å². The summed E-state index contributed by atoms with van der Waals surface area (Å²) >= 11 is 9.98. The number of benzene rings is 2. The van der Waals surface area contributed by atoms with Crippen molar-refractivity contribution in [3.05, 3.63) is 74.7 Å². The smallest absolute Gasteiger partial charge is 0.338 e. The Morgan fingerprint density at radius 2 is 2.00 bits per heavy atom. The maximum atomic E-state index is 12.3. The Balaban J connectivity index is 1.85. The fraction of sp³-hybridized carbons (Fsp3) is 0.250. The number of ether oxygens (including phenoxy) is 1. The molecule has 0 saturated carbocycles. The molecule has 128 valence electrons. The molecule has 3 atom stereocenters. The van der Waals surface area contributed by atoms with Crippen LogP contribution >= 0.6 is 27.5 Å². The molecule has 25 heavy (non-hydrogen) atoms. The van der Waals surface area contributed by atoms with E-state index in [2.05, 4.69) is 57.7 Å². The van der Waals surface area contributed by atoms with Gasteiger partial charge in [0.25, 0.3) is 0 Å². The molecule has 0 aromatic heterocycles. The van der Waals surface area contributed by atoms with E-state index in [1.54, 1.807) is 12.1 Å². The Morgan fingerprint density at radius 3 is 2.72 bits per heavy atom. The van der Waals surface area contributed by atoms with Gasteiger partial charge in [0.1, 0.15) is 0 Å². The molecular weight excluding hydrogens is 402 g/mol. The first-order valence-corrected chi connectivity index (χ1v) is 9.36. The molecule has 0 fully saturated rings. The van der Waals surface area contributed by atoms with Crippen LogP contribution in [0.3, 0.4) is 0 Å². The fourth-order valence-electron chi connectivity index (χ4n) is 3.96. The Kier molecular flexibility index (Phi) is 4.34. The molecule has 0 radical (unpaired) electrons. The fourth-order valence-corrected chi connectivity index (χ4v) is 4.45. The van der Waals surface area contributed by atoms with E-state index in [4.69, 9.17) is 16.3 Å². The van der Waals surface area contributed by atoms with Crippen LogP contribution in [0.25, 0.3) is 0 Å². The first-order valence-electron chi connectivity index (χ1n) is 8.19. The summed E-state index contributed by atoms with van der Waals surface area (Å²) in [6, 6.07) is 12.0. The summed E-state index contributed by atoms with van der Waals surface area (Å²) in [5.74, 6) is 0.170. The van der Waals surface area contributed by atoms with Crippen molar-refractivity contribution < 1.29 is 9.53 Å². The number of nitrogens with one attached hydrogen (secondary N) is 1. The van der Waals surface area contributed by atoms with Gasteiger partial charge in [0, 0.05) is 10.4 Å². The molecule has 0 bridgehead atoms. The highest BCUT2D eigenvalue weighted by Gasteiger charge is 2.40. The third kappa shape index (κ3) is 2.77. The zero-order valence-corrected chi connectivity index (χ0v) is 16.0. The minimum Gasteiger partial charge on any atom is -0.465 e. The molecule has 2 aliphatic rings. The average Bonchev–Trinajstić information content (AvgIpc) is 3.11. The van der Waals surface area contributed by atoms with E-state index in [1.165, 1.54) is 12.7 Å². The van der Waals surface area contributed by atoms with E-state index in [0.29, 0.717) is 16.5 Å². The lowest BCUT2D eigenvalue weighted by Gasteiger charge is -2.38. The summed E-state index contributed by atoms with van der Waals surface area (Å²) in [6.45, 7) is 0. The van der Waals surface area contributed by atoms with E-state index < -0.39 is 0 Å². The van der Waals surface area contributed by atoms with Crippen LogP contribution in [-0.2, 0) is 4.74 Å². The number of hydrogen-bond donors (Lipinski definition) is 1. The number of esters is 1. The molecule has 2 unspecified atom stereocenters. The standard InChI is InChI=1S/C20H17BrClNO2/c1-25-20(24)15-9-10-16(22)19-17(15)13-3-2-4-14(13)18(23-19)11-5-7-12(21)8-6-11/h2-3,5-10,13-14,18,23H,4H2,1H3/t13?,14?,18-/m1/s1. The molecule has 0 saturated heterocycles. The minimum atomic E-state index is -0.323. The number of carbonyl (C=O) groups excluding carboxylic acids is 1. The number of rotatable bonds is 2. The highest BCUT2D eigenvalue weighted by Crippen LogP contribution is 2.52. The molecule has 0 amide bonds. The molecule has 1 heterocycles. The molecule has 2 aromatic carbocycles. The number of hydrogen-bond acceptors (Lipinski definition) is 3. The zero-order chi connectivity index (χ0) is 17.6. The van der Waals surface area contributed by atoms with Crippen molar-refractivity contribution in [3.63, 3.8) is 0 Å². The van der Waals surface area contributed by atoms with Crippen molar-refractivity contribution in [2.24, 2.45) is 5.92 Å². The van der Waals surface area contributed by atoms with E-state index in [-0.39, 0.29) is 17.9 Å². The van der Waals surface area contributed by atoms with E-state index >= 15 is 0 Å². The third-order valence-electron chi connectivity index (χ3n) is 5.10. The average molecular weight is 419 g/mol. The summed E-state index contributed by atoms with van der Waals surface area (Å²) < 4.78 is 6.03. The van der Waals surface area contributed by atoms with Crippen LogP contribution < -0.4 is 5.32 Å². The Labute approximate surface area is 160 Å². The lowest BCUT2D eigenvalue weighted by atomic mass is 9.75. The predicted molar refractivity (Wildman–Crippen MR) is 103 cm³/mol. The van der Waals surface area contributed by atoms with Gasteiger partial charge < -0.3 is 10.1 Å². The molecule has 1 aliphatic carbocycles. The quantitative estimate of drug-likeness (QED) is 0.501. The van der Waals surface area contributed by atoms with Crippen molar-refractivity contribution in [1.29, 1.82) is 0 Å². The first-order chi connectivity index (χ1) is 12.1. The van der Waals surface area contributed by atoms with Gasteiger partial charge in [-0.05, 0) is 47.7 Å². The lowest BCUT2D eigenvalue weighted by molar-refractivity contribution is 0.0598. The van der Waals surface area contributed by atoms with Crippen molar-refractivity contribution in [2.75, 3.05) is 12.4 Å². The van der Waals surface area contributed by atoms with Gasteiger partial charge in [0.15, 0.2) is 0 Å². The van der Waals surface area contributed by atoms with Crippen LogP contribution in [0.5, 0.6) is 0 Å². The van der Waals surface area contributed by atoms with E-state index in [1.807, 2.05) is 0 Å². The van der Waals surface area contributed by atoms with Crippen LogP contribution in [-0.4, -0.2) is 13.1 Å².